The lowest BCUT2D eigenvalue weighted by Gasteiger charge is -2.32. The molecule has 0 spiro atoms. The molecule has 1 atom stereocenters. The number of hydrogen-bond acceptors (Lipinski definition) is 5. The van der Waals surface area contributed by atoms with E-state index >= 15 is 0 Å². The molecule has 2 aliphatic carbocycles. The zero-order valence-electron chi connectivity index (χ0n) is 17.8. The Balaban J connectivity index is 1.79. The number of aromatic carboxylic acids is 1. The zero-order chi connectivity index (χ0) is 22.1. The molecule has 162 valence electrons. The van der Waals surface area contributed by atoms with Crippen molar-refractivity contribution < 1.29 is 19.7 Å². The fourth-order valence-electron chi connectivity index (χ4n) is 4.69. The lowest BCUT2D eigenvalue weighted by atomic mass is 9.75. The molecule has 0 radical (unpaired) electrons. The van der Waals surface area contributed by atoms with Crippen LogP contribution in [0.4, 0.5) is 0 Å². The lowest BCUT2D eigenvalue weighted by molar-refractivity contribution is 0.0694. The summed E-state index contributed by atoms with van der Waals surface area (Å²) in [5, 5.41) is 20.4. The van der Waals surface area contributed by atoms with Crippen LogP contribution in [0.2, 0.25) is 0 Å². The minimum absolute atomic E-state index is 0.0140. The minimum atomic E-state index is -1.22. The van der Waals surface area contributed by atoms with Crippen LogP contribution in [0.15, 0.2) is 29.2 Å². The Morgan fingerprint density at radius 2 is 2.00 bits per heavy atom. The quantitative estimate of drug-likeness (QED) is 0.605. The van der Waals surface area contributed by atoms with Gasteiger partial charge in [-0.15, -0.1) is 11.3 Å². The number of fused-ring (bicyclic) bond motifs is 2. The van der Waals surface area contributed by atoms with Crippen molar-refractivity contribution in [3.05, 3.63) is 50.6 Å². The van der Waals surface area contributed by atoms with Gasteiger partial charge in [0.2, 0.25) is 5.43 Å². The Bertz CT molecular complexity index is 1280. The minimum Gasteiger partial charge on any atom is -0.494 e. The Hall–Kier alpha value is -2.64. The van der Waals surface area contributed by atoms with Gasteiger partial charge in [0.05, 0.1) is 24.1 Å². The fraction of sp³-hybridized carbons (Fsp3) is 0.417. The van der Waals surface area contributed by atoms with E-state index in [0.29, 0.717) is 16.7 Å². The third-order valence-corrected chi connectivity index (χ3v) is 7.89. The lowest BCUT2D eigenvalue weighted by Crippen LogP contribution is -2.24. The Labute approximate surface area is 183 Å². The van der Waals surface area contributed by atoms with E-state index in [-0.39, 0.29) is 17.0 Å². The number of methoxy groups -OCH3 is 1. The monoisotopic (exact) mass is 439 g/mol. The van der Waals surface area contributed by atoms with Crippen molar-refractivity contribution in [3.8, 4) is 16.2 Å². The van der Waals surface area contributed by atoms with Gasteiger partial charge >= 0.3 is 5.97 Å². The van der Waals surface area contributed by atoms with E-state index in [1.807, 2.05) is 10.6 Å². The van der Waals surface area contributed by atoms with Crippen LogP contribution in [0.3, 0.4) is 0 Å². The number of aliphatic hydroxyl groups excluding tert-OH is 1. The maximum atomic E-state index is 12.9. The summed E-state index contributed by atoms with van der Waals surface area (Å²) in [6, 6.07) is 5.85. The van der Waals surface area contributed by atoms with Gasteiger partial charge in [-0.05, 0) is 54.9 Å². The molecule has 0 bridgehead atoms. The van der Waals surface area contributed by atoms with Crippen LogP contribution in [0, 0.1) is 0 Å². The second-order valence-corrected chi connectivity index (χ2v) is 10.3. The van der Waals surface area contributed by atoms with Crippen molar-refractivity contribution >= 4 is 28.2 Å². The van der Waals surface area contributed by atoms with E-state index in [9.17, 15) is 19.8 Å². The molecule has 5 rings (SSSR count). The first-order valence-corrected chi connectivity index (χ1v) is 11.4. The summed E-state index contributed by atoms with van der Waals surface area (Å²) in [4.78, 5) is 26.5. The zero-order valence-corrected chi connectivity index (χ0v) is 18.6. The van der Waals surface area contributed by atoms with Gasteiger partial charge in [0.1, 0.15) is 5.56 Å². The number of rotatable bonds is 4. The predicted molar refractivity (Wildman–Crippen MR) is 121 cm³/mol. The number of carbonyl (C=O) groups is 1. The maximum absolute atomic E-state index is 12.9. The summed E-state index contributed by atoms with van der Waals surface area (Å²) in [7, 11) is 1.58. The summed E-state index contributed by atoms with van der Waals surface area (Å²) < 4.78 is 7.73. The van der Waals surface area contributed by atoms with E-state index in [1.54, 1.807) is 24.5 Å². The van der Waals surface area contributed by atoms with Gasteiger partial charge in [0, 0.05) is 27.6 Å². The summed E-state index contributed by atoms with van der Waals surface area (Å²) >= 11 is 1.57. The van der Waals surface area contributed by atoms with Crippen molar-refractivity contribution in [1.29, 1.82) is 0 Å². The number of aliphatic hydroxyl groups is 1. The van der Waals surface area contributed by atoms with Crippen molar-refractivity contribution in [3.63, 3.8) is 0 Å². The average Bonchev–Trinajstić information content (AvgIpc) is 3.47. The molecule has 2 N–H and O–H groups in total. The molecular formula is C24H25NO5S. The van der Waals surface area contributed by atoms with Crippen LogP contribution in [0.5, 0.6) is 5.75 Å². The Kier molecular flexibility index (Phi) is 4.53. The number of nitrogens with zero attached hydrogens (tertiary/aromatic N) is 1. The van der Waals surface area contributed by atoms with Gasteiger partial charge in [-0.25, -0.2) is 4.79 Å². The molecule has 2 aliphatic rings. The number of pyridine rings is 1. The van der Waals surface area contributed by atoms with E-state index in [4.69, 9.17) is 4.74 Å². The molecular weight excluding hydrogens is 414 g/mol. The number of carboxylic acid groups (broad SMARTS) is 1. The number of carboxylic acids is 1. The van der Waals surface area contributed by atoms with Gasteiger partial charge in [0.15, 0.2) is 5.75 Å². The van der Waals surface area contributed by atoms with Crippen molar-refractivity contribution in [2.75, 3.05) is 7.11 Å². The molecule has 1 saturated carbocycles. The van der Waals surface area contributed by atoms with Gasteiger partial charge in [-0.3, -0.25) is 4.79 Å². The van der Waals surface area contributed by atoms with Crippen LogP contribution >= 0.6 is 11.3 Å². The molecule has 1 aromatic carbocycles. The summed E-state index contributed by atoms with van der Waals surface area (Å²) in [5.74, 6) is -0.643. The van der Waals surface area contributed by atoms with Crippen molar-refractivity contribution in [2.24, 2.45) is 0 Å². The van der Waals surface area contributed by atoms with Gasteiger partial charge < -0.3 is 19.5 Å². The summed E-state index contributed by atoms with van der Waals surface area (Å²) in [6.07, 6.45) is 4.55. The smallest absolute Gasteiger partial charge is 0.341 e. The first-order valence-electron chi connectivity index (χ1n) is 10.5. The van der Waals surface area contributed by atoms with Gasteiger partial charge in [0.25, 0.3) is 0 Å². The van der Waals surface area contributed by atoms with E-state index < -0.39 is 17.5 Å². The van der Waals surface area contributed by atoms with Gasteiger partial charge in [-0.2, -0.15) is 0 Å². The van der Waals surface area contributed by atoms with Crippen LogP contribution in [-0.4, -0.2) is 27.9 Å². The Morgan fingerprint density at radius 3 is 2.61 bits per heavy atom. The predicted octanol–water partition coefficient (Wildman–Crippen LogP) is 4.88. The standard InChI is InChI=1S/C24H25NO5S/c1-24(2)9-8-17(26)22-16(24)10-18(31-22)13-6-7-14-19(21(13)30-3)25(12-4-5-12)11-15(20(14)27)23(28)29/h6-7,10-12,17,26H,4-5,8-9H2,1-3H3,(H,28,29). The van der Waals surface area contributed by atoms with Crippen LogP contribution in [0.1, 0.15) is 72.5 Å². The fourth-order valence-corrected chi connectivity index (χ4v) is 6.07. The second-order valence-electron chi connectivity index (χ2n) is 9.18. The number of aromatic nitrogens is 1. The molecule has 0 amide bonds. The third-order valence-electron chi connectivity index (χ3n) is 6.62. The highest BCUT2D eigenvalue weighted by atomic mass is 32.1. The molecule has 1 unspecified atom stereocenters. The normalized spacial score (nSPS) is 19.9. The van der Waals surface area contributed by atoms with E-state index in [2.05, 4.69) is 19.9 Å². The molecule has 2 aromatic heterocycles. The molecule has 7 heteroatoms. The molecule has 1 fully saturated rings. The van der Waals surface area contributed by atoms with E-state index in [1.165, 1.54) is 6.20 Å². The van der Waals surface area contributed by atoms with Crippen LogP contribution in [0.25, 0.3) is 21.3 Å². The molecule has 0 aliphatic heterocycles. The second kappa shape index (κ2) is 6.93. The van der Waals surface area contributed by atoms with Crippen LogP contribution < -0.4 is 10.2 Å². The number of thiophene rings is 1. The summed E-state index contributed by atoms with van der Waals surface area (Å²) in [5.41, 5.74) is 1.93. The summed E-state index contributed by atoms with van der Waals surface area (Å²) in [6.45, 7) is 4.40. The highest BCUT2D eigenvalue weighted by molar-refractivity contribution is 7.15. The highest BCUT2D eigenvalue weighted by Crippen LogP contribution is 2.50. The highest BCUT2D eigenvalue weighted by Gasteiger charge is 2.35. The van der Waals surface area contributed by atoms with Crippen molar-refractivity contribution in [1.82, 2.24) is 4.57 Å². The topological polar surface area (TPSA) is 88.8 Å². The first-order chi connectivity index (χ1) is 14.7. The van der Waals surface area contributed by atoms with Crippen molar-refractivity contribution in [2.45, 2.75) is 57.1 Å². The number of benzene rings is 1. The number of ether oxygens (including phenoxy) is 1. The van der Waals surface area contributed by atoms with Gasteiger partial charge in [-0.1, -0.05) is 13.8 Å². The number of hydrogen-bond donors (Lipinski definition) is 2. The molecule has 3 aromatic rings. The third kappa shape index (κ3) is 3.10. The van der Waals surface area contributed by atoms with Crippen LogP contribution in [-0.2, 0) is 5.41 Å². The SMILES string of the molecule is COc1c(-c2cc3c(s2)C(O)CCC3(C)C)ccc2c(=O)c(C(=O)O)cn(C3CC3)c12. The maximum Gasteiger partial charge on any atom is 0.341 e. The molecule has 2 heterocycles. The molecule has 31 heavy (non-hydrogen) atoms. The average molecular weight is 440 g/mol. The molecule has 0 saturated heterocycles. The first kappa shape index (κ1) is 20.3. The molecule has 6 nitrogen and oxygen atoms in total. The van der Waals surface area contributed by atoms with E-state index in [0.717, 1.165) is 46.6 Å². The Morgan fingerprint density at radius 1 is 1.26 bits per heavy atom. The largest absolute Gasteiger partial charge is 0.494 e.